The van der Waals surface area contributed by atoms with Crippen molar-refractivity contribution in [2.75, 3.05) is 53.3 Å². The van der Waals surface area contributed by atoms with Crippen LogP contribution in [0.2, 0.25) is 0 Å². The largest absolute Gasteiger partial charge is 0.481 e. The third-order valence-corrected chi connectivity index (χ3v) is 14.5. The van der Waals surface area contributed by atoms with Gasteiger partial charge in [-0.2, -0.15) is 0 Å². The molecule has 0 amide bonds. The Morgan fingerprint density at radius 3 is 1.96 bits per heavy atom. The minimum Gasteiger partial charge on any atom is -0.481 e. The van der Waals surface area contributed by atoms with Crippen molar-refractivity contribution in [2.24, 2.45) is 5.73 Å². The van der Waals surface area contributed by atoms with Crippen molar-refractivity contribution in [3.63, 3.8) is 0 Å². The molecule has 0 fully saturated rings. The highest BCUT2D eigenvalue weighted by molar-refractivity contribution is 8.00. The smallest absolute Gasteiger partial charge is 0.472 e. The lowest BCUT2D eigenvalue weighted by atomic mass is 10.0. The number of carboxylic acid groups (broad SMARTS) is 1. The Kier molecular flexibility index (Phi) is 37.5. The first-order chi connectivity index (χ1) is 33.9. The number of aliphatic hydroxyl groups is 1. The highest BCUT2D eigenvalue weighted by Crippen LogP contribution is 2.43. The summed E-state index contributed by atoms with van der Waals surface area (Å²) in [5.41, 5.74) is 8.93. The quantitative estimate of drug-likeness (QED) is 0.0120. The molecular formula is C55H96N2O12PS+. The number of thioether (sulfide) groups is 1. The number of carbonyl (C=O) groups is 3. The van der Waals surface area contributed by atoms with E-state index in [9.17, 15) is 28.9 Å². The number of unbranched alkanes of at least 4 members (excludes halogenated alkanes) is 14. The van der Waals surface area contributed by atoms with Crippen LogP contribution in [-0.2, 0) is 50.3 Å². The van der Waals surface area contributed by atoms with E-state index in [0.717, 1.165) is 63.5 Å². The summed E-state index contributed by atoms with van der Waals surface area (Å²) in [6, 6.07) is -1.19. The molecule has 16 heteroatoms. The predicted molar refractivity (Wildman–Crippen MR) is 288 cm³/mol. The zero-order valence-corrected chi connectivity index (χ0v) is 46.5. The van der Waals surface area contributed by atoms with Crippen LogP contribution in [0.4, 0.5) is 0 Å². The third kappa shape index (κ3) is 35.7. The molecule has 408 valence electrons. The number of phosphoric acid groups is 1. The van der Waals surface area contributed by atoms with Gasteiger partial charge in [0.25, 0.3) is 0 Å². The van der Waals surface area contributed by atoms with E-state index in [2.05, 4.69) is 39.8 Å². The number of quaternary nitrogens is 1. The van der Waals surface area contributed by atoms with Gasteiger partial charge in [0.05, 0.1) is 33.9 Å². The molecular weight excluding hydrogens is 944 g/mol. The van der Waals surface area contributed by atoms with Gasteiger partial charge >= 0.3 is 25.7 Å². The van der Waals surface area contributed by atoms with Gasteiger partial charge in [-0.05, 0) is 76.3 Å². The van der Waals surface area contributed by atoms with Gasteiger partial charge in [0.1, 0.15) is 37.3 Å². The van der Waals surface area contributed by atoms with Crippen molar-refractivity contribution in [3.8, 4) is 0 Å². The molecule has 1 aromatic heterocycles. The number of furan rings is 1. The normalized spacial score (nSPS) is 15.0. The van der Waals surface area contributed by atoms with E-state index in [0.29, 0.717) is 17.4 Å². The molecule has 0 radical (unpaired) electrons. The summed E-state index contributed by atoms with van der Waals surface area (Å²) in [4.78, 5) is 47.6. The first-order valence-corrected chi connectivity index (χ1v) is 29.2. The van der Waals surface area contributed by atoms with Crippen LogP contribution in [0.3, 0.4) is 0 Å². The Balaban J connectivity index is 2.67. The molecule has 1 heterocycles. The molecule has 0 aromatic carbocycles. The minimum atomic E-state index is -4.55. The van der Waals surface area contributed by atoms with Crippen LogP contribution in [-0.4, -0.2) is 114 Å². The van der Waals surface area contributed by atoms with Crippen LogP contribution in [0.1, 0.15) is 178 Å². The average molecular weight is 1040 g/mol. The zero-order chi connectivity index (χ0) is 52.8. The summed E-state index contributed by atoms with van der Waals surface area (Å²) >= 11 is 1.21. The molecule has 0 saturated heterocycles. The summed E-state index contributed by atoms with van der Waals surface area (Å²) in [6.07, 6.45) is 35.9. The van der Waals surface area contributed by atoms with Gasteiger partial charge in [0.2, 0.25) is 0 Å². The standard InChI is InChI=1S/C55H95N2O12PS/c1-8-10-12-13-14-15-16-17-21-24-27-31-37-52(49(58)34-33-38-53(59)60)71-44-48(56)55(62)68-47(43-67-70(63,64)66-41-40-57(5,6)7)42-65-54(61)39-32-28-25-22-19-18-20-23-26-30-36-51-46(4)45(3)50(69-51)35-29-11-9-2/h14-15,17,21,24,27,31,37,47-49,52,58H,8-13,16,18-20,22-23,25-26,28-30,32-36,38-44,56H2,1-7H3,(H-,59,60,63,64)/p+1/b15-14-,21-17-,27-24+,37-31+/t47-,48+,49+,52-/m1/s1. The molecule has 5 N–H and O–H groups in total. The fourth-order valence-corrected chi connectivity index (χ4v) is 9.31. The number of aryl methyl sites for hydroxylation is 2. The fourth-order valence-electron chi connectivity index (χ4n) is 7.44. The number of carboxylic acids is 1. The summed E-state index contributed by atoms with van der Waals surface area (Å²) in [5, 5.41) is 19.6. The lowest BCUT2D eigenvalue weighted by Crippen LogP contribution is -2.40. The number of esters is 2. The van der Waals surface area contributed by atoms with Crippen LogP contribution in [0, 0.1) is 13.8 Å². The maximum Gasteiger partial charge on any atom is 0.472 e. The lowest BCUT2D eigenvalue weighted by molar-refractivity contribution is -0.870. The number of aliphatic hydroxyl groups excluding tert-OH is 1. The highest BCUT2D eigenvalue weighted by Gasteiger charge is 2.29. The number of ether oxygens (including phenoxy) is 2. The number of carbonyl (C=O) groups excluding carboxylic acids is 2. The molecule has 0 saturated carbocycles. The van der Waals surface area contributed by atoms with Gasteiger partial charge in [-0.25, -0.2) is 4.57 Å². The SMILES string of the molecule is CCCCC/C=C\C\C=C/C=C/C=C/[C@@H](SC[C@H](N)C(=O)O[C@H](COC(=O)CCCCCCCCCCCCc1oc(CCCCC)c(C)c1C)COP(=O)(O)OCC[N+](C)(C)C)[C@@H](O)CCCC(=O)O. The van der Waals surface area contributed by atoms with E-state index in [1.807, 2.05) is 45.4 Å². The topological polar surface area (TPSA) is 205 Å². The first-order valence-electron chi connectivity index (χ1n) is 26.7. The number of likely N-dealkylation sites (N-methyl/N-ethyl adjacent to an activating group) is 1. The van der Waals surface area contributed by atoms with Crippen molar-refractivity contribution in [2.45, 2.75) is 205 Å². The number of nitrogens with two attached hydrogens (primary N) is 1. The second kappa shape index (κ2) is 40.4. The van der Waals surface area contributed by atoms with Gasteiger partial charge < -0.3 is 39.2 Å². The molecule has 0 bridgehead atoms. The van der Waals surface area contributed by atoms with Gasteiger partial charge in [0, 0.05) is 36.7 Å². The van der Waals surface area contributed by atoms with E-state index in [4.69, 9.17) is 33.8 Å². The summed E-state index contributed by atoms with van der Waals surface area (Å²) in [7, 11) is 1.16. The first kappa shape index (κ1) is 66.0. The second-order valence-electron chi connectivity index (χ2n) is 19.7. The van der Waals surface area contributed by atoms with E-state index < -0.39 is 62.4 Å². The predicted octanol–water partition coefficient (Wildman–Crippen LogP) is 12.0. The molecule has 1 unspecified atom stereocenters. The minimum absolute atomic E-state index is 0.0179. The molecule has 14 nitrogen and oxygen atoms in total. The Morgan fingerprint density at radius 2 is 1.34 bits per heavy atom. The number of hydrogen-bond donors (Lipinski definition) is 4. The molecule has 1 aromatic rings. The Bertz CT molecular complexity index is 1760. The molecule has 0 spiro atoms. The van der Waals surface area contributed by atoms with Crippen molar-refractivity contribution in [1.82, 2.24) is 0 Å². The number of aliphatic carboxylic acids is 1. The van der Waals surface area contributed by atoms with E-state index in [1.54, 1.807) is 12.2 Å². The lowest BCUT2D eigenvalue weighted by Gasteiger charge is -2.25. The van der Waals surface area contributed by atoms with Crippen molar-refractivity contribution >= 4 is 37.5 Å². The number of rotatable bonds is 45. The van der Waals surface area contributed by atoms with Crippen LogP contribution in [0.25, 0.3) is 0 Å². The maximum absolute atomic E-state index is 13.3. The molecule has 0 aliphatic carbocycles. The monoisotopic (exact) mass is 1040 g/mol. The number of nitrogens with zero attached hydrogens (tertiary/aromatic N) is 1. The highest BCUT2D eigenvalue weighted by atomic mass is 32.2. The van der Waals surface area contributed by atoms with Crippen molar-refractivity contribution in [3.05, 3.63) is 71.3 Å². The molecule has 0 aliphatic heterocycles. The fraction of sp³-hybridized carbons (Fsp3) is 0.727. The van der Waals surface area contributed by atoms with E-state index in [1.165, 1.54) is 92.9 Å². The molecule has 1 rings (SSSR count). The summed E-state index contributed by atoms with van der Waals surface area (Å²) in [6.45, 7) is 8.14. The molecule has 71 heavy (non-hydrogen) atoms. The Hall–Kier alpha value is -3.01. The van der Waals surface area contributed by atoms with Gasteiger partial charge in [-0.3, -0.25) is 23.4 Å². The second-order valence-corrected chi connectivity index (χ2v) is 22.4. The summed E-state index contributed by atoms with van der Waals surface area (Å²) in [5.74, 6) is 0.0433. The average Bonchev–Trinajstić information content (AvgIpc) is 3.58. The van der Waals surface area contributed by atoms with Crippen LogP contribution in [0.5, 0.6) is 0 Å². The van der Waals surface area contributed by atoms with E-state index in [-0.39, 0.29) is 38.0 Å². The number of phosphoric ester groups is 1. The van der Waals surface area contributed by atoms with E-state index >= 15 is 0 Å². The zero-order valence-electron chi connectivity index (χ0n) is 44.8. The molecule has 0 aliphatic rings. The van der Waals surface area contributed by atoms with Crippen LogP contribution < -0.4 is 5.73 Å². The summed E-state index contributed by atoms with van der Waals surface area (Å²) < 4.78 is 40.8. The van der Waals surface area contributed by atoms with Crippen molar-refractivity contribution < 1.29 is 61.5 Å². The Morgan fingerprint density at radius 1 is 0.746 bits per heavy atom. The van der Waals surface area contributed by atoms with Crippen molar-refractivity contribution in [1.29, 1.82) is 0 Å². The van der Waals surface area contributed by atoms with Gasteiger partial charge in [-0.1, -0.05) is 140 Å². The number of hydrogen-bond acceptors (Lipinski definition) is 12. The van der Waals surface area contributed by atoms with Crippen LogP contribution >= 0.6 is 19.6 Å². The van der Waals surface area contributed by atoms with Crippen LogP contribution in [0.15, 0.2) is 53.0 Å². The number of allylic oxidation sites excluding steroid dienone is 7. The molecule has 5 atom stereocenters. The van der Waals surface area contributed by atoms with Gasteiger partial charge in [0.15, 0.2) is 6.10 Å². The third-order valence-electron chi connectivity index (χ3n) is 12.1. The van der Waals surface area contributed by atoms with Gasteiger partial charge in [-0.15, -0.1) is 11.8 Å². The maximum atomic E-state index is 13.3. The Labute approximate surface area is 432 Å².